The molecule has 1 aromatic carbocycles. The zero-order valence-corrected chi connectivity index (χ0v) is 20.8. The molecular weight excluding hydrogens is 470 g/mol. The molecule has 0 aliphatic rings. The van der Waals surface area contributed by atoms with Crippen molar-refractivity contribution in [3.8, 4) is 5.00 Å². The second kappa shape index (κ2) is 10.3. The van der Waals surface area contributed by atoms with Gasteiger partial charge in [-0.25, -0.2) is 4.98 Å². The summed E-state index contributed by atoms with van der Waals surface area (Å²) in [5.74, 6) is 1.38. The van der Waals surface area contributed by atoms with Crippen molar-refractivity contribution in [3.05, 3.63) is 80.7 Å². The molecule has 8 nitrogen and oxygen atoms in total. The van der Waals surface area contributed by atoms with E-state index in [2.05, 4.69) is 32.4 Å². The lowest BCUT2D eigenvalue weighted by Crippen LogP contribution is -2.26. The number of benzene rings is 1. The highest BCUT2D eigenvalue weighted by Crippen LogP contribution is 2.34. The number of carbonyl (C=O) groups excluding carboxylic acids is 1. The number of hydrogen-bond acceptors (Lipinski definition) is 6. The quantitative estimate of drug-likeness (QED) is 0.300. The molecule has 3 aromatic heterocycles. The Kier molecular flexibility index (Phi) is 7.23. The Morgan fingerprint density at radius 1 is 1.18 bits per heavy atom. The first-order valence-corrected chi connectivity index (χ1v) is 12.1. The van der Waals surface area contributed by atoms with Crippen LogP contribution in [0.4, 0.5) is 0 Å². The highest BCUT2D eigenvalue weighted by molar-refractivity contribution is 7.15. The monoisotopic (exact) mass is 495 g/mol. The molecule has 10 heteroatoms. The molecule has 4 rings (SSSR count). The van der Waals surface area contributed by atoms with E-state index in [1.54, 1.807) is 36.0 Å². The van der Waals surface area contributed by atoms with Crippen molar-refractivity contribution < 1.29 is 4.79 Å². The van der Waals surface area contributed by atoms with Gasteiger partial charge in [-0.05, 0) is 38.5 Å². The first kappa shape index (κ1) is 23.8. The minimum absolute atomic E-state index is 0.0422. The van der Waals surface area contributed by atoms with E-state index in [0.717, 1.165) is 38.1 Å². The smallest absolute Gasteiger partial charge is 0.220 e. The topological polar surface area (TPSA) is 112 Å². The van der Waals surface area contributed by atoms with Crippen LogP contribution in [0, 0.1) is 26.2 Å². The van der Waals surface area contributed by atoms with Gasteiger partial charge in [0.15, 0.2) is 0 Å². The molecule has 0 unspecified atom stereocenters. The number of nitrogens with zero attached hydrogens (tertiary/aromatic N) is 4. The maximum Gasteiger partial charge on any atom is 0.220 e. The standard InChI is InChI=1S/C24H26ClN7OS/c1-14-15(2)34-24(22(14)23(26)17-4-6-18(25)7-5-17)32-16(3)30-31-20(32)8-9-21(33)28-11-10-19-12-27-13-29-19/h4-7,12-13,26H,8-11H2,1-3H3,(H,27,29)(H,28,33). The summed E-state index contributed by atoms with van der Waals surface area (Å²) in [5, 5.41) is 22.0. The summed E-state index contributed by atoms with van der Waals surface area (Å²) < 4.78 is 1.97. The molecule has 0 fully saturated rings. The summed E-state index contributed by atoms with van der Waals surface area (Å²) in [6, 6.07) is 7.29. The van der Waals surface area contributed by atoms with Crippen LogP contribution in [0.25, 0.3) is 5.00 Å². The molecule has 3 N–H and O–H groups in total. The van der Waals surface area contributed by atoms with Gasteiger partial charge in [-0.1, -0.05) is 23.7 Å². The Balaban J connectivity index is 1.53. The predicted octanol–water partition coefficient (Wildman–Crippen LogP) is 4.34. The van der Waals surface area contributed by atoms with E-state index < -0.39 is 0 Å². The maximum atomic E-state index is 12.4. The van der Waals surface area contributed by atoms with Crippen molar-refractivity contribution in [1.29, 1.82) is 5.41 Å². The molecule has 0 saturated carbocycles. The Bertz CT molecular complexity index is 1310. The SMILES string of the molecule is Cc1sc(-n2c(C)nnc2CCC(=O)NCCc2cnc[nH]2)c(C(=N)c2ccc(Cl)cc2)c1C. The van der Waals surface area contributed by atoms with Crippen LogP contribution in [0.3, 0.4) is 0 Å². The number of aryl methyl sites for hydroxylation is 3. The first-order chi connectivity index (χ1) is 16.3. The lowest BCUT2D eigenvalue weighted by atomic mass is 10.00. The molecule has 0 aliphatic carbocycles. The van der Waals surface area contributed by atoms with Gasteiger partial charge >= 0.3 is 0 Å². The largest absolute Gasteiger partial charge is 0.356 e. The van der Waals surface area contributed by atoms with E-state index in [0.29, 0.717) is 42.4 Å². The first-order valence-electron chi connectivity index (χ1n) is 10.9. The van der Waals surface area contributed by atoms with Crippen molar-refractivity contribution in [2.24, 2.45) is 0 Å². The molecular formula is C24H26ClN7OS. The number of nitrogens with one attached hydrogen (secondary N) is 3. The number of aromatic amines is 1. The fourth-order valence-corrected chi connectivity index (χ4v) is 5.08. The van der Waals surface area contributed by atoms with Gasteiger partial charge in [-0.3, -0.25) is 14.8 Å². The Morgan fingerprint density at radius 2 is 1.94 bits per heavy atom. The Morgan fingerprint density at radius 3 is 2.65 bits per heavy atom. The third-order valence-electron chi connectivity index (χ3n) is 5.69. The minimum Gasteiger partial charge on any atom is -0.356 e. The number of imidazole rings is 1. The summed E-state index contributed by atoms with van der Waals surface area (Å²) in [4.78, 5) is 20.5. The van der Waals surface area contributed by atoms with E-state index in [1.807, 2.05) is 30.5 Å². The van der Waals surface area contributed by atoms with Crippen molar-refractivity contribution >= 4 is 34.6 Å². The van der Waals surface area contributed by atoms with Crippen molar-refractivity contribution in [2.75, 3.05) is 6.54 Å². The van der Waals surface area contributed by atoms with Crippen molar-refractivity contribution in [2.45, 2.75) is 40.0 Å². The number of thiophene rings is 1. The molecule has 0 bridgehead atoms. The summed E-state index contributed by atoms with van der Waals surface area (Å²) in [6.07, 6.45) is 4.82. The molecule has 0 aliphatic heterocycles. The number of aromatic nitrogens is 5. The number of hydrogen-bond donors (Lipinski definition) is 3. The van der Waals surface area contributed by atoms with E-state index in [9.17, 15) is 4.79 Å². The second-order valence-corrected chi connectivity index (χ2v) is 9.66. The Labute approximate surface area is 206 Å². The molecule has 1 amide bonds. The number of carbonyl (C=O) groups is 1. The summed E-state index contributed by atoms with van der Waals surface area (Å²) in [6.45, 7) is 6.51. The van der Waals surface area contributed by atoms with Crippen LogP contribution in [0.15, 0.2) is 36.8 Å². The normalized spacial score (nSPS) is 11.1. The van der Waals surface area contributed by atoms with Gasteiger partial charge in [0.25, 0.3) is 0 Å². The van der Waals surface area contributed by atoms with Gasteiger partial charge in [0, 0.05) is 58.7 Å². The number of amides is 1. The fraction of sp³-hybridized carbons (Fsp3) is 0.292. The van der Waals surface area contributed by atoms with Gasteiger partial charge in [-0.15, -0.1) is 21.5 Å². The van der Waals surface area contributed by atoms with E-state index in [1.165, 1.54) is 0 Å². The van der Waals surface area contributed by atoms with Gasteiger partial charge in [-0.2, -0.15) is 0 Å². The minimum atomic E-state index is -0.0422. The lowest BCUT2D eigenvalue weighted by Gasteiger charge is -2.12. The number of halogens is 1. The average Bonchev–Trinajstić information content (AvgIpc) is 3.53. The molecule has 176 valence electrons. The van der Waals surface area contributed by atoms with Gasteiger partial charge in [0.05, 0.1) is 12.0 Å². The summed E-state index contributed by atoms with van der Waals surface area (Å²) in [7, 11) is 0. The molecule has 3 heterocycles. The second-order valence-electron chi connectivity index (χ2n) is 8.02. The molecule has 4 aromatic rings. The van der Waals surface area contributed by atoms with Gasteiger partial charge in [0.2, 0.25) is 5.91 Å². The molecule has 0 saturated heterocycles. The van der Waals surface area contributed by atoms with Crippen molar-refractivity contribution in [1.82, 2.24) is 30.0 Å². The van der Waals surface area contributed by atoms with Gasteiger partial charge in [0.1, 0.15) is 16.6 Å². The molecule has 0 radical (unpaired) electrons. The molecule has 0 spiro atoms. The van der Waals surface area contributed by atoms with Crippen LogP contribution in [-0.2, 0) is 17.6 Å². The predicted molar refractivity (Wildman–Crippen MR) is 134 cm³/mol. The third-order valence-corrected chi connectivity index (χ3v) is 7.14. The maximum absolute atomic E-state index is 12.4. The summed E-state index contributed by atoms with van der Waals surface area (Å²) in [5.41, 5.74) is 4.09. The van der Waals surface area contributed by atoms with Crippen LogP contribution in [0.2, 0.25) is 5.02 Å². The van der Waals surface area contributed by atoms with Crippen molar-refractivity contribution in [3.63, 3.8) is 0 Å². The van der Waals surface area contributed by atoms with Crippen LogP contribution >= 0.6 is 22.9 Å². The Hall–Kier alpha value is -3.30. The van der Waals surface area contributed by atoms with Crippen LogP contribution < -0.4 is 5.32 Å². The van der Waals surface area contributed by atoms with Crippen LogP contribution in [-0.4, -0.2) is 42.9 Å². The van der Waals surface area contributed by atoms with Gasteiger partial charge < -0.3 is 10.3 Å². The van der Waals surface area contributed by atoms with Crippen LogP contribution in [0.5, 0.6) is 0 Å². The summed E-state index contributed by atoms with van der Waals surface area (Å²) >= 11 is 7.65. The van der Waals surface area contributed by atoms with E-state index >= 15 is 0 Å². The lowest BCUT2D eigenvalue weighted by molar-refractivity contribution is -0.121. The highest BCUT2D eigenvalue weighted by Gasteiger charge is 2.23. The average molecular weight is 496 g/mol. The third kappa shape index (κ3) is 5.10. The zero-order valence-electron chi connectivity index (χ0n) is 19.3. The van der Waals surface area contributed by atoms with Crippen LogP contribution in [0.1, 0.15) is 45.3 Å². The fourth-order valence-electron chi connectivity index (χ4n) is 3.73. The van der Waals surface area contributed by atoms with E-state index in [4.69, 9.17) is 17.0 Å². The van der Waals surface area contributed by atoms with E-state index in [-0.39, 0.29) is 5.91 Å². The molecule has 0 atom stereocenters. The number of H-pyrrole nitrogens is 1. The number of rotatable bonds is 9. The zero-order chi connectivity index (χ0) is 24.2. The molecule has 34 heavy (non-hydrogen) atoms. The highest BCUT2D eigenvalue weighted by atomic mass is 35.5.